The smallest absolute Gasteiger partial charge is 0.280 e. The number of carbonyl (C=O) groups excluding carboxylic acids is 1. The van der Waals surface area contributed by atoms with Gasteiger partial charge < -0.3 is 4.74 Å². The fourth-order valence-electron chi connectivity index (χ4n) is 2.78. The summed E-state index contributed by atoms with van der Waals surface area (Å²) in [5.41, 5.74) is 5.97. The molecule has 0 spiro atoms. The monoisotopic (exact) mass is 378 g/mol. The molecule has 28 heavy (non-hydrogen) atoms. The molecule has 0 bridgehead atoms. The van der Waals surface area contributed by atoms with E-state index in [1.54, 1.807) is 6.92 Å². The lowest BCUT2D eigenvalue weighted by atomic mass is 10.1. The van der Waals surface area contributed by atoms with Crippen molar-refractivity contribution in [2.24, 2.45) is 5.10 Å². The predicted octanol–water partition coefficient (Wildman–Crippen LogP) is 2.62. The van der Waals surface area contributed by atoms with E-state index in [2.05, 4.69) is 15.6 Å². The summed E-state index contributed by atoms with van der Waals surface area (Å²) in [6.45, 7) is 5.52. The molecule has 0 saturated carbocycles. The van der Waals surface area contributed by atoms with Crippen molar-refractivity contribution in [3.05, 3.63) is 81.3 Å². The first-order valence-corrected chi connectivity index (χ1v) is 8.84. The van der Waals surface area contributed by atoms with Gasteiger partial charge in [-0.3, -0.25) is 14.7 Å². The van der Waals surface area contributed by atoms with Gasteiger partial charge in [-0.25, -0.2) is 10.1 Å². The van der Waals surface area contributed by atoms with Crippen LogP contribution in [0.4, 0.5) is 0 Å². The van der Waals surface area contributed by atoms with Crippen molar-refractivity contribution >= 4 is 12.1 Å². The number of amides is 1. The van der Waals surface area contributed by atoms with Crippen LogP contribution in [0.25, 0.3) is 5.69 Å². The number of H-pyrrole nitrogens is 1. The number of hydrazone groups is 1. The number of aromatic amines is 1. The van der Waals surface area contributed by atoms with Crippen molar-refractivity contribution in [2.75, 3.05) is 6.61 Å². The highest BCUT2D eigenvalue weighted by Crippen LogP contribution is 2.18. The minimum absolute atomic E-state index is 0.165. The van der Waals surface area contributed by atoms with Crippen molar-refractivity contribution in [1.82, 2.24) is 15.2 Å². The number of aryl methyl sites for hydroxylation is 3. The Labute approximate surface area is 162 Å². The van der Waals surface area contributed by atoms with Crippen LogP contribution in [0.5, 0.6) is 5.75 Å². The average molecular weight is 378 g/mol. The second-order valence-corrected chi connectivity index (χ2v) is 6.48. The third kappa shape index (κ3) is 4.37. The Morgan fingerprint density at radius 3 is 2.64 bits per heavy atom. The summed E-state index contributed by atoms with van der Waals surface area (Å²) >= 11 is 0. The molecule has 1 aromatic heterocycles. The van der Waals surface area contributed by atoms with E-state index < -0.39 is 5.91 Å². The third-order valence-corrected chi connectivity index (χ3v) is 4.20. The van der Waals surface area contributed by atoms with Gasteiger partial charge in [-0.15, -0.1) is 0 Å². The molecule has 0 atom stereocenters. The molecule has 144 valence electrons. The van der Waals surface area contributed by atoms with E-state index in [0.717, 1.165) is 16.8 Å². The van der Waals surface area contributed by atoms with E-state index in [9.17, 15) is 9.59 Å². The highest BCUT2D eigenvalue weighted by molar-refractivity contribution is 5.83. The second-order valence-electron chi connectivity index (χ2n) is 6.48. The molecule has 1 amide bonds. The van der Waals surface area contributed by atoms with E-state index in [1.807, 2.05) is 62.4 Å². The first kappa shape index (κ1) is 19.2. The van der Waals surface area contributed by atoms with Crippen LogP contribution in [0.1, 0.15) is 22.4 Å². The summed E-state index contributed by atoms with van der Waals surface area (Å²) in [5.74, 6) is 0.241. The van der Waals surface area contributed by atoms with Crippen LogP contribution in [0.2, 0.25) is 0 Å². The molecule has 0 aliphatic heterocycles. The van der Waals surface area contributed by atoms with E-state index in [0.29, 0.717) is 17.0 Å². The maximum atomic E-state index is 12.5. The van der Waals surface area contributed by atoms with E-state index in [4.69, 9.17) is 4.74 Å². The zero-order valence-electron chi connectivity index (χ0n) is 16.0. The third-order valence-electron chi connectivity index (χ3n) is 4.20. The molecule has 0 radical (unpaired) electrons. The van der Waals surface area contributed by atoms with Gasteiger partial charge in [0.05, 0.1) is 17.5 Å². The predicted molar refractivity (Wildman–Crippen MR) is 108 cm³/mol. The molecular formula is C21H22N4O3. The number of nitrogens with one attached hydrogen (secondary N) is 2. The van der Waals surface area contributed by atoms with Crippen molar-refractivity contribution < 1.29 is 9.53 Å². The van der Waals surface area contributed by atoms with Crippen molar-refractivity contribution in [1.29, 1.82) is 0 Å². The molecule has 0 saturated heterocycles. The zero-order valence-corrected chi connectivity index (χ0v) is 16.0. The molecule has 0 aliphatic rings. The number of ether oxygens (including phenoxy) is 1. The largest absolute Gasteiger partial charge is 0.483 e. The number of para-hydroxylation sites is 1. The average Bonchev–Trinajstić information content (AvgIpc) is 2.96. The van der Waals surface area contributed by atoms with Gasteiger partial charge >= 0.3 is 0 Å². The Hall–Kier alpha value is -3.61. The van der Waals surface area contributed by atoms with Gasteiger partial charge in [0.25, 0.3) is 11.5 Å². The number of benzene rings is 2. The summed E-state index contributed by atoms with van der Waals surface area (Å²) in [5, 5.41) is 6.88. The quantitative estimate of drug-likeness (QED) is 0.510. The number of rotatable bonds is 6. The minimum atomic E-state index is -0.409. The van der Waals surface area contributed by atoms with E-state index in [1.165, 1.54) is 10.9 Å². The molecule has 7 nitrogen and oxygen atoms in total. The lowest BCUT2D eigenvalue weighted by molar-refractivity contribution is -0.123. The Bertz CT molecular complexity index is 1060. The summed E-state index contributed by atoms with van der Waals surface area (Å²) in [4.78, 5) is 24.5. The topological polar surface area (TPSA) is 88.5 Å². The van der Waals surface area contributed by atoms with Gasteiger partial charge in [0, 0.05) is 5.69 Å². The zero-order chi connectivity index (χ0) is 20.1. The lowest BCUT2D eigenvalue weighted by Crippen LogP contribution is -2.25. The lowest BCUT2D eigenvalue weighted by Gasteiger charge is -2.08. The Morgan fingerprint density at radius 1 is 1.18 bits per heavy atom. The molecule has 3 aromatic rings. The van der Waals surface area contributed by atoms with Crippen molar-refractivity contribution in [3.63, 3.8) is 0 Å². The summed E-state index contributed by atoms with van der Waals surface area (Å²) in [6.07, 6.45) is 1.34. The summed E-state index contributed by atoms with van der Waals surface area (Å²) in [6, 6.07) is 15.0. The molecule has 7 heteroatoms. The van der Waals surface area contributed by atoms with Crippen LogP contribution in [-0.2, 0) is 4.79 Å². The summed E-state index contributed by atoms with van der Waals surface area (Å²) < 4.78 is 6.94. The SMILES string of the molecule is Cc1ccc(OCC(=O)N/N=C\c2c(C)[nH]n(-c3ccccc3)c2=O)c(C)c1. The number of hydrogen-bond acceptors (Lipinski definition) is 4. The van der Waals surface area contributed by atoms with E-state index >= 15 is 0 Å². The number of hydrogen-bond donors (Lipinski definition) is 2. The minimum Gasteiger partial charge on any atom is -0.483 e. The highest BCUT2D eigenvalue weighted by atomic mass is 16.5. The first-order chi connectivity index (χ1) is 13.5. The van der Waals surface area contributed by atoms with Crippen LogP contribution in [-0.4, -0.2) is 28.5 Å². The maximum Gasteiger partial charge on any atom is 0.280 e. The normalized spacial score (nSPS) is 11.0. The molecule has 3 rings (SSSR count). The molecule has 2 N–H and O–H groups in total. The van der Waals surface area contributed by atoms with Crippen LogP contribution in [0.3, 0.4) is 0 Å². The Balaban J connectivity index is 1.62. The number of carbonyl (C=O) groups is 1. The van der Waals surface area contributed by atoms with Crippen LogP contribution >= 0.6 is 0 Å². The highest BCUT2D eigenvalue weighted by Gasteiger charge is 2.10. The molecular weight excluding hydrogens is 356 g/mol. The fourth-order valence-corrected chi connectivity index (χ4v) is 2.78. The molecule has 0 aliphatic carbocycles. The summed E-state index contributed by atoms with van der Waals surface area (Å²) in [7, 11) is 0. The standard InChI is InChI=1S/C21H22N4O3/c1-14-9-10-19(15(2)11-14)28-13-20(26)23-22-12-18-16(3)24-25(21(18)27)17-7-5-4-6-8-17/h4-12,24H,13H2,1-3H3,(H,23,26)/b22-12-. The van der Waals surface area contributed by atoms with Crippen LogP contribution in [0, 0.1) is 20.8 Å². The Kier molecular flexibility index (Phi) is 5.74. The maximum absolute atomic E-state index is 12.5. The number of aromatic nitrogens is 2. The molecule has 0 fully saturated rings. The molecule has 2 aromatic carbocycles. The number of nitrogens with zero attached hydrogens (tertiary/aromatic N) is 2. The van der Waals surface area contributed by atoms with Gasteiger partial charge in [0.1, 0.15) is 5.75 Å². The van der Waals surface area contributed by atoms with Gasteiger partial charge in [0.2, 0.25) is 0 Å². The van der Waals surface area contributed by atoms with Gasteiger partial charge in [-0.2, -0.15) is 5.10 Å². The van der Waals surface area contributed by atoms with Gasteiger partial charge in [0.15, 0.2) is 6.61 Å². The van der Waals surface area contributed by atoms with Crippen LogP contribution < -0.4 is 15.7 Å². The molecule has 0 unspecified atom stereocenters. The molecule has 1 heterocycles. The van der Waals surface area contributed by atoms with Gasteiger partial charge in [-0.05, 0) is 44.5 Å². The van der Waals surface area contributed by atoms with E-state index in [-0.39, 0.29) is 12.2 Å². The van der Waals surface area contributed by atoms with Crippen molar-refractivity contribution in [2.45, 2.75) is 20.8 Å². The fraction of sp³-hybridized carbons (Fsp3) is 0.190. The Morgan fingerprint density at radius 2 is 1.93 bits per heavy atom. The second kappa shape index (κ2) is 8.39. The first-order valence-electron chi connectivity index (χ1n) is 8.84. The van der Waals surface area contributed by atoms with Crippen LogP contribution in [0.15, 0.2) is 58.4 Å². The van der Waals surface area contributed by atoms with Gasteiger partial charge in [-0.1, -0.05) is 35.9 Å². The van der Waals surface area contributed by atoms with Crippen molar-refractivity contribution in [3.8, 4) is 11.4 Å².